The maximum atomic E-state index is 10.4. The van der Waals surface area contributed by atoms with Crippen LogP contribution in [0.25, 0.3) is 0 Å². The number of aryl methyl sites for hydroxylation is 2. The molecule has 1 aromatic heterocycles. The Labute approximate surface area is 217 Å². The quantitative estimate of drug-likeness (QED) is 0.442. The topological polar surface area (TPSA) is 138 Å². The standard InChI is InChI=1S/C24H34N4O3.2CH2O2/c1-17-9-18(2)28(25-17)20-11-26(12-20)10-19-3-5-22(6-4-19)30-16-21(29)13-27-14-23-7-8-24(15-27)31-23;2*2-1-3/h3-6,9,20-21,23-24,29H,7-8,10-16H2,1-2H3;2*1H,(H,2,3)/t21?,23-,24+;;. The first-order valence-corrected chi connectivity index (χ1v) is 12.5. The zero-order chi connectivity index (χ0) is 26.8. The van der Waals surface area contributed by atoms with E-state index in [1.54, 1.807) is 0 Å². The number of nitrogens with zero attached hydrogens (tertiary/aromatic N) is 4. The van der Waals surface area contributed by atoms with Crippen LogP contribution in [0.2, 0.25) is 0 Å². The molecule has 5 rings (SSSR count). The molecule has 3 atom stereocenters. The normalized spacial score (nSPS) is 22.0. The van der Waals surface area contributed by atoms with Gasteiger partial charge in [-0.15, -0.1) is 0 Å². The SMILES string of the molecule is Cc1cc(C)n(C2CN(Cc3ccc(OCC(O)CN4C[C@H]5CC[C@@H](C4)O5)cc3)C2)n1.O=CO.O=CO. The molecule has 0 aliphatic carbocycles. The molecule has 204 valence electrons. The predicted molar refractivity (Wildman–Crippen MR) is 136 cm³/mol. The van der Waals surface area contributed by atoms with Gasteiger partial charge in [-0.3, -0.25) is 24.1 Å². The highest BCUT2D eigenvalue weighted by molar-refractivity contribution is 5.33. The smallest absolute Gasteiger partial charge is 0.290 e. The summed E-state index contributed by atoms with van der Waals surface area (Å²) >= 11 is 0. The van der Waals surface area contributed by atoms with Gasteiger partial charge < -0.3 is 24.8 Å². The maximum absolute atomic E-state index is 10.4. The Morgan fingerprint density at radius 1 is 1.03 bits per heavy atom. The van der Waals surface area contributed by atoms with Gasteiger partial charge >= 0.3 is 0 Å². The third-order valence-corrected chi connectivity index (χ3v) is 6.69. The van der Waals surface area contributed by atoms with E-state index in [0.29, 0.717) is 31.4 Å². The molecule has 3 saturated heterocycles. The summed E-state index contributed by atoms with van der Waals surface area (Å²) in [5.41, 5.74) is 3.61. The van der Waals surface area contributed by atoms with E-state index in [9.17, 15) is 5.11 Å². The molecule has 0 amide bonds. The number of morpholine rings is 1. The predicted octanol–water partition coefficient (Wildman–Crippen LogP) is 1.56. The fraction of sp³-hybridized carbons (Fsp3) is 0.577. The van der Waals surface area contributed by atoms with Crippen LogP contribution in [0.4, 0.5) is 0 Å². The van der Waals surface area contributed by atoms with Crippen LogP contribution in [0.5, 0.6) is 5.75 Å². The fourth-order valence-corrected chi connectivity index (χ4v) is 5.18. The van der Waals surface area contributed by atoms with Gasteiger partial charge in [-0.1, -0.05) is 12.1 Å². The van der Waals surface area contributed by atoms with E-state index in [1.807, 2.05) is 12.1 Å². The molecule has 2 aromatic rings. The van der Waals surface area contributed by atoms with Crippen LogP contribution in [0, 0.1) is 13.8 Å². The zero-order valence-corrected chi connectivity index (χ0v) is 21.5. The van der Waals surface area contributed by atoms with Gasteiger partial charge in [0.25, 0.3) is 12.9 Å². The van der Waals surface area contributed by atoms with E-state index in [1.165, 1.54) is 11.3 Å². The first-order valence-electron chi connectivity index (χ1n) is 12.5. The number of carbonyl (C=O) groups is 2. The summed E-state index contributed by atoms with van der Waals surface area (Å²) in [5, 5.41) is 28.8. The molecule has 0 radical (unpaired) electrons. The fourth-order valence-electron chi connectivity index (χ4n) is 5.18. The Morgan fingerprint density at radius 2 is 1.62 bits per heavy atom. The van der Waals surface area contributed by atoms with E-state index in [2.05, 4.69) is 51.6 Å². The minimum absolute atomic E-state index is 0.250. The first kappa shape index (κ1) is 28.6. The number of β-amino-alcohol motifs (C(OH)–C–C–N with tert-alkyl or cyclic N) is 1. The molecule has 0 saturated carbocycles. The number of fused-ring (bicyclic) bond motifs is 2. The summed E-state index contributed by atoms with van der Waals surface area (Å²) in [7, 11) is 0. The van der Waals surface area contributed by atoms with Gasteiger partial charge in [-0.2, -0.15) is 5.10 Å². The summed E-state index contributed by atoms with van der Waals surface area (Å²) in [4.78, 5) is 21.5. The molecule has 37 heavy (non-hydrogen) atoms. The molecule has 0 spiro atoms. The summed E-state index contributed by atoms with van der Waals surface area (Å²) in [6, 6.07) is 10.9. The number of hydrogen-bond acceptors (Lipinski definition) is 8. The molecular weight excluding hydrogens is 480 g/mol. The average Bonchev–Trinajstić information content (AvgIpc) is 3.35. The molecule has 1 unspecified atom stereocenters. The molecule has 3 fully saturated rings. The van der Waals surface area contributed by atoms with Gasteiger partial charge in [0.1, 0.15) is 18.5 Å². The van der Waals surface area contributed by atoms with Crippen LogP contribution in [0.1, 0.15) is 35.8 Å². The number of ether oxygens (including phenoxy) is 2. The van der Waals surface area contributed by atoms with Gasteiger partial charge in [-0.05, 0) is 50.5 Å². The molecule has 3 aliphatic rings. The van der Waals surface area contributed by atoms with Gasteiger partial charge in [0.15, 0.2) is 0 Å². The largest absolute Gasteiger partial charge is 0.491 e. The van der Waals surface area contributed by atoms with E-state index in [-0.39, 0.29) is 12.9 Å². The van der Waals surface area contributed by atoms with Crippen LogP contribution in [-0.4, -0.2) is 105 Å². The van der Waals surface area contributed by atoms with Crippen molar-refractivity contribution in [1.29, 1.82) is 0 Å². The highest BCUT2D eigenvalue weighted by Gasteiger charge is 2.34. The number of hydrogen-bond donors (Lipinski definition) is 3. The Hall–Kier alpha value is -2.99. The highest BCUT2D eigenvalue weighted by atomic mass is 16.5. The van der Waals surface area contributed by atoms with Gasteiger partial charge in [0.05, 0.1) is 23.9 Å². The van der Waals surface area contributed by atoms with Crippen molar-refractivity contribution in [3.63, 3.8) is 0 Å². The van der Waals surface area contributed by atoms with Crippen molar-refractivity contribution in [3.05, 3.63) is 47.3 Å². The van der Waals surface area contributed by atoms with E-state index in [4.69, 9.17) is 29.3 Å². The number of aliphatic hydroxyl groups excluding tert-OH is 1. The van der Waals surface area contributed by atoms with Crippen molar-refractivity contribution in [1.82, 2.24) is 19.6 Å². The van der Waals surface area contributed by atoms with Crippen LogP contribution in [0.3, 0.4) is 0 Å². The van der Waals surface area contributed by atoms with E-state index < -0.39 is 6.10 Å². The summed E-state index contributed by atoms with van der Waals surface area (Å²) in [6.45, 7) is 9.53. The number of likely N-dealkylation sites (tertiary alicyclic amines) is 2. The zero-order valence-electron chi connectivity index (χ0n) is 21.5. The number of rotatable bonds is 8. The summed E-state index contributed by atoms with van der Waals surface area (Å²) < 4.78 is 13.9. The van der Waals surface area contributed by atoms with Crippen molar-refractivity contribution in [2.45, 2.75) is 57.6 Å². The minimum Gasteiger partial charge on any atom is -0.491 e. The summed E-state index contributed by atoms with van der Waals surface area (Å²) in [6.07, 6.45) is 2.54. The Balaban J connectivity index is 0.000000580. The minimum atomic E-state index is -0.482. The molecular formula is C26H38N4O7. The maximum Gasteiger partial charge on any atom is 0.290 e. The molecule has 11 nitrogen and oxygen atoms in total. The van der Waals surface area contributed by atoms with Crippen molar-refractivity contribution in [2.75, 3.05) is 39.3 Å². The van der Waals surface area contributed by atoms with E-state index in [0.717, 1.165) is 57.0 Å². The number of aliphatic hydroxyl groups is 1. The molecule has 1 aromatic carbocycles. The van der Waals surface area contributed by atoms with Crippen LogP contribution < -0.4 is 4.74 Å². The van der Waals surface area contributed by atoms with Crippen molar-refractivity contribution in [2.24, 2.45) is 0 Å². The third kappa shape index (κ3) is 8.53. The molecule has 11 heteroatoms. The van der Waals surface area contributed by atoms with Crippen molar-refractivity contribution < 1.29 is 34.4 Å². The Morgan fingerprint density at radius 3 is 2.16 bits per heavy atom. The number of carboxylic acid groups (broad SMARTS) is 2. The van der Waals surface area contributed by atoms with Crippen LogP contribution >= 0.6 is 0 Å². The number of aromatic nitrogens is 2. The third-order valence-electron chi connectivity index (χ3n) is 6.69. The monoisotopic (exact) mass is 518 g/mol. The second kappa shape index (κ2) is 14.1. The Bertz CT molecular complexity index is 960. The van der Waals surface area contributed by atoms with Crippen molar-refractivity contribution in [3.8, 4) is 5.75 Å². The second-order valence-corrected chi connectivity index (χ2v) is 9.72. The van der Waals surface area contributed by atoms with Crippen LogP contribution in [0.15, 0.2) is 30.3 Å². The lowest BCUT2D eigenvalue weighted by Crippen LogP contribution is -2.47. The number of benzene rings is 1. The van der Waals surface area contributed by atoms with Crippen LogP contribution in [-0.2, 0) is 20.9 Å². The van der Waals surface area contributed by atoms with Gasteiger partial charge in [0.2, 0.25) is 0 Å². The second-order valence-electron chi connectivity index (χ2n) is 9.72. The average molecular weight is 519 g/mol. The first-order chi connectivity index (χ1) is 17.8. The lowest BCUT2D eigenvalue weighted by Gasteiger charge is -2.39. The molecule has 2 bridgehead atoms. The molecule has 3 aliphatic heterocycles. The van der Waals surface area contributed by atoms with Gasteiger partial charge in [-0.25, -0.2) is 0 Å². The lowest BCUT2D eigenvalue weighted by atomic mass is 10.1. The Kier molecular flexibility index (Phi) is 10.9. The molecule has 4 heterocycles. The van der Waals surface area contributed by atoms with Gasteiger partial charge in [0, 0.05) is 45.0 Å². The van der Waals surface area contributed by atoms with Crippen molar-refractivity contribution >= 4 is 12.9 Å². The summed E-state index contributed by atoms with van der Waals surface area (Å²) in [5.74, 6) is 0.814. The highest BCUT2D eigenvalue weighted by Crippen LogP contribution is 2.27. The van der Waals surface area contributed by atoms with E-state index >= 15 is 0 Å². The lowest BCUT2D eigenvalue weighted by molar-refractivity contribution is -0.123. The molecule has 3 N–H and O–H groups in total.